The van der Waals surface area contributed by atoms with E-state index in [2.05, 4.69) is 21.2 Å². The molecule has 1 atom stereocenters. The van der Waals surface area contributed by atoms with Crippen molar-refractivity contribution in [3.05, 3.63) is 124 Å². The van der Waals surface area contributed by atoms with Crippen molar-refractivity contribution in [2.24, 2.45) is 0 Å². The van der Waals surface area contributed by atoms with Crippen LogP contribution in [0.3, 0.4) is 0 Å². The molecule has 0 aliphatic rings. The molecule has 2 amide bonds. The van der Waals surface area contributed by atoms with E-state index in [0.29, 0.717) is 34.0 Å². The van der Waals surface area contributed by atoms with Gasteiger partial charge in [0.1, 0.15) is 18.3 Å². The molecule has 4 aromatic carbocycles. The summed E-state index contributed by atoms with van der Waals surface area (Å²) in [7, 11) is -4.22. The lowest BCUT2D eigenvalue weighted by atomic mass is 10.0. The SMILES string of the molecule is CCNC(=O)C(Cc1ccccc1)N(Cc1ccccc1Cl)C(=O)CN(c1ccc(OCC)cc1)S(=O)(=O)c1ccc(Br)cc1. The second-order valence-electron chi connectivity index (χ2n) is 10.1. The van der Waals surface area contributed by atoms with Crippen molar-refractivity contribution < 1.29 is 22.7 Å². The third-order valence-electron chi connectivity index (χ3n) is 7.04. The van der Waals surface area contributed by atoms with Gasteiger partial charge in [0.25, 0.3) is 10.0 Å². The zero-order chi connectivity index (χ0) is 32.4. The van der Waals surface area contributed by atoms with Gasteiger partial charge in [-0.05, 0) is 79.6 Å². The molecule has 4 rings (SSSR count). The fraction of sp³-hybridized carbons (Fsp3) is 0.235. The van der Waals surface area contributed by atoms with E-state index in [-0.39, 0.29) is 29.5 Å². The molecule has 0 radical (unpaired) electrons. The highest BCUT2D eigenvalue weighted by Crippen LogP contribution is 2.28. The minimum absolute atomic E-state index is 0.00889. The van der Waals surface area contributed by atoms with Crippen LogP contribution in [0.2, 0.25) is 5.02 Å². The Hall–Kier alpha value is -3.86. The van der Waals surface area contributed by atoms with Crippen molar-refractivity contribution in [3.8, 4) is 5.75 Å². The summed E-state index contributed by atoms with van der Waals surface area (Å²) in [6.45, 7) is 3.87. The molecule has 11 heteroatoms. The van der Waals surface area contributed by atoms with E-state index in [1.54, 1.807) is 67.6 Å². The van der Waals surface area contributed by atoms with Crippen molar-refractivity contribution in [1.82, 2.24) is 10.2 Å². The van der Waals surface area contributed by atoms with Crippen molar-refractivity contribution in [2.75, 3.05) is 24.0 Å². The van der Waals surface area contributed by atoms with Crippen molar-refractivity contribution in [3.63, 3.8) is 0 Å². The maximum atomic E-state index is 14.4. The van der Waals surface area contributed by atoms with Crippen LogP contribution in [0.1, 0.15) is 25.0 Å². The van der Waals surface area contributed by atoms with Crippen LogP contribution in [0, 0.1) is 0 Å². The number of nitrogens with zero attached hydrogens (tertiary/aromatic N) is 2. The van der Waals surface area contributed by atoms with Gasteiger partial charge in [0.15, 0.2) is 0 Å². The lowest BCUT2D eigenvalue weighted by molar-refractivity contribution is -0.140. The molecule has 0 spiro atoms. The maximum absolute atomic E-state index is 14.4. The molecule has 8 nitrogen and oxygen atoms in total. The highest BCUT2D eigenvalue weighted by Gasteiger charge is 2.34. The Morgan fingerprint density at radius 3 is 2.16 bits per heavy atom. The summed E-state index contributed by atoms with van der Waals surface area (Å²) in [5.41, 5.74) is 1.74. The summed E-state index contributed by atoms with van der Waals surface area (Å²) in [6, 6.07) is 28.2. The monoisotopic (exact) mass is 711 g/mol. The van der Waals surface area contributed by atoms with E-state index >= 15 is 0 Å². The van der Waals surface area contributed by atoms with Crippen molar-refractivity contribution in [2.45, 2.75) is 37.8 Å². The topological polar surface area (TPSA) is 96.0 Å². The van der Waals surface area contributed by atoms with Gasteiger partial charge in [0.05, 0.1) is 17.2 Å². The first-order valence-corrected chi connectivity index (χ1v) is 17.1. The molecule has 0 heterocycles. The zero-order valence-electron chi connectivity index (χ0n) is 25.0. The van der Waals surface area contributed by atoms with E-state index in [1.807, 2.05) is 37.3 Å². The number of rotatable bonds is 14. The number of ether oxygens (including phenoxy) is 1. The van der Waals surface area contributed by atoms with Gasteiger partial charge in [-0.25, -0.2) is 8.42 Å². The molecule has 45 heavy (non-hydrogen) atoms. The smallest absolute Gasteiger partial charge is 0.264 e. The molecule has 0 aliphatic carbocycles. The number of anilines is 1. The molecule has 0 saturated carbocycles. The Morgan fingerprint density at radius 1 is 0.889 bits per heavy atom. The maximum Gasteiger partial charge on any atom is 0.264 e. The average molecular weight is 713 g/mol. The Kier molecular flexibility index (Phi) is 12.0. The van der Waals surface area contributed by atoms with Crippen LogP contribution in [0.5, 0.6) is 5.75 Å². The van der Waals surface area contributed by atoms with Crippen LogP contribution < -0.4 is 14.4 Å². The van der Waals surface area contributed by atoms with E-state index in [1.165, 1.54) is 17.0 Å². The van der Waals surface area contributed by atoms with Crippen LogP contribution in [0.4, 0.5) is 5.69 Å². The number of carbonyl (C=O) groups is 2. The number of carbonyl (C=O) groups excluding carboxylic acids is 2. The second-order valence-corrected chi connectivity index (χ2v) is 13.3. The number of hydrogen-bond acceptors (Lipinski definition) is 5. The molecule has 1 unspecified atom stereocenters. The van der Waals surface area contributed by atoms with Gasteiger partial charge in [0.2, 0.25) is 11.8 Å². The van der Waals surface area contributed by atoms with Crippen LogP contribution in [0.15, 0.2) is 112 Å². The molecule has 0 aromatic heterocycles. The number of sulfonamides is 1. The fourth-order valence-corrected chi connectivity index (χ4v) is 6.67. The molecule has 236 valence electrons. The van der Waals surface area contributed by atoms with Gasteiger partial charge in [-0.1, -0.05) is 76.1 Å². The third-order valence-corrected chi connectivity index (χ3v) is 9.72. The summed E-state index contributed by atoms with van der Waals surface area (Å²) in [5.74, 6) is -0.366. The Balaban J connectivity index is 1.80. The number of hydrogen-bond donors (Lipinski definition) is 1. The van der Waals surface area contributed by atoms with Crippen LogP contribution in [-0.4, -0.2) is 50.9 Å². The molecule has 1 N–H and O–H groups in total. The van der Waals surface area contributed by atoms with E-state index in [0.717, 1.165) is 9.87 Å². The van der Waals surface area contributed by atoms with Crippen molar-refractivity contribution in [1.29, 1.82) is 0 Å². The second kappa shape index (κ2) is 15.9. The van der Waals surface area contributed by atoms with Crippen LogP contribution >= 0.6 is 27.5 Å². The third kappa shape index (κ3) is 8.87. The fourth-order valence-electron chi connectivity index (χ4n) is 4.79. The van der Waals surface area contributed by atoms with Gasteiger partial charge in [-0.3, -0.25) is 13.9 Å². The number of likely N-dealkylation sites (N-methyl/N-ethyl adjacent to an activating group) is 1. The molecular weight excluding hydrogens is 678 g/mol. The Bertz CT molecular complexity index is 1690. The first kappa shape index (κ1) is 34.0. The number of nitrogens with one attached hydrogen (secondary N) is 1. The summed E-state index contributed by atoms with van der Waals surface area (Å²) in [5, 5.41) is 3.28. The summed E-state index contributed by atoms with van der Waals surface area (Å²) >= 11 is 9.88. The number of amides is 2. The highest BCUT2D eigenvalue weighted by molar-refractivity contribution is 9.10. The van der Waals surface area contributed by atoms with Crippen LogP contribution in [0.25, 0.3) is 0 Å². The predicted octanol–water partition coefficient (Wildman–Crippen LogP) is 6.47. The molecule has 0 aliphatic heterocycles. The first-order valence-electron chi connectivity index (χ1n) is 14.5. The molecule has 0 saturated heterocycles. The Labute approximate surface area is 278 Å². The minimum Gasteiger partial charge on any atom is -0.494 e. The zero-order valence-corrected chi connectivity index (χ0v) is 28.2. The summed E-state index contributed by atoms with van der Waals surface area (Å²) in [4.78, 5) is 29.5. The standard InChI is InChI=1S/C34H35BrClN3O5S/c1-3-37-34(41)32(22-25-10-6-5-7-11-25)38(23-26-12-8-9-13-31(26)36)33(40)24-39(28-16-18-29(19-17-28)44-4-2)45(42,43)30-20-14-27(35)15-21-30/h5-21,32H,3-4,22-24H2,1-2H3,(H,37,41). The molecular formula is C34H35BrClN3O5S. The van der Waals surface area contributed by atoms with E-state index in [9.17, 15) is 18.0 Å². The van der Waals surface area contributed by atoms with Gasteiger partial charge >= 0.3 is 0 Å². The van der Waals surface area contributed by atoms with E-state index < -0.39 is 28.5 Å². The highest BCUT2D eigenvalue weighted by atomic mass is 79.9. The largest absolute Gasteiger partial charge is 0.494 e. The van der Waals surface area contributed by atoms with Gasteiger partial charge < -0.3 is 15.0 Å². The normalized spacial score (nSPS) is 11.8. The van der Waals surface area contributed by atoms with Gasteiger partial charge in [0, 0.05) is 29.0 Å². The Morgan fingerprint density at radius 2 is 1.53 bits per heavy atom. The van der Waals surface area contributed by atoms with Crippen molar-refractivity contribution >= 4 is 55.1 Å². The predicted molar refractivity (Wildman–Crippen MR) is 181 cm³/mol. The summed E-state index contributed by atoms with van der Waals surface area (Å²) in [6.07, 6.45) is 0.214. The molecule has 0 bridgehead atoms. The first-order chi connectivity index (χ1) is 21.6. The molecule has 4 aromatic rings. The molecule has 0 fully saturated rings. The lowest BCUT2D eigenvalue weighted by Crippen LogP contribution is -2.53. The van der Waals surface area contributed by atoms with Crippen LogP contribution in [-0.2, 0) is 32.6 Å². The van der Waals surface area contributed by atoms with Gasteiger partial charge in [-0.15, -0.1) is 0 Å². The van der Waals surface area contributed by atoms with Gasteiger partial charge in [-0.2, -0.15) is 0 Å². The quantitative estimate of drug-likeness (QED) is 0.162. The number of benzene rings is 4. The average Bonchev–Trinajstić information content (AvgIpc) is 3.03. The van der Waals surface area contributed by atoms with E-state index in [4.69, 9.17) is 16.3 Å². The lowest BCUT2D eigenvalue weighted by Gasteiger charge is -2.34. The number of halogens is 2. The minimum atomic E-state index is -4.22. The summed E-state index contributed by atoms with van der Waals surface area (Å²) < 4.78 is 35.6.